The number of aliphatic carboxylic acids is 1. The molecule has 1 aromatic carbocycles. The quantitative estimate of drug-likeness (QED) is 0.372. The Balaban J connectivity index is 1.83. The normalized spacial score (nSPS) is 25.4. The molecular formula is C27H38O4. The Morgan fingerprint density at radius 1 is 1.29 bits per heavy atom. The molecule has 0 bridgehead atoms. The van der Waals surface area contributed by atoms with Crippen LogP contribution in [0.2, 0.25) is 0 Å². The Kier molecular flexibility index (Phi) is 7.00. The van der Waals surface area contributed by atoms with Gasteiger partial charge in [-0.2, -0.15) is 0 Å². The highest BCUT2D eigenvalue weighted by Gasteiger charge is 2.50. The second-order valence-electron chi connectivity index (χ2n) is 10.3. The fraction of sp³-hybridized carbons (Fsp3) is 0.593. The van der Waals surface area contributed by atoms with Crippen LogP contribution < -0.4 is 4.74 Å². The SMILES string of the molecule is CCCCC(O)CCc1cc([C@@]2(C)C[C@H]2/C=C/C(C)=C/C(=O)O)cc2c1OCC2(C)C. The molecule has 2 aliphatic rings. The number of fused-ring (bicyclic) bond motifs is 1. The van der Waals surface area contributed by atoms with Gasteiger partial charge in [-0.3, -0.25) is 0 Å². The van der Waals surface area contributed by atoms with Crippen LogP contribution in [0.5, 0.6) is 5.75 Å². The molecule has 1 fully saturated rings. The van der Waals surface area contributed by atoms with Gasteiger partial charge in [-0.05, 0) is 60.6 Å². The third kappa shape index (κ3) is 5.41. The highest BCUT2D eigenvalue weighted by molar-refractivity contribution is 5.81. The molecule has 2 N–H and O–H groups in total. The molecule has 170 valence electrons. The Bertz CT molecular complexity index is 879. The maximum Gasteiger partial charge on any atom is 0.328 e. The molecule has 4 heteroatoms. The highest BCUT2D eigenvalue weighted by atomic mass is 16.5. The Hall–Kier alpha value is -2.07. The van der Waals surface area contributed by atoms with E-state index in [1.807, 2.05) is 13.0 Å². The summed E-state index contributed by atoms with van der Waals surface area (Å²) in [6.07, 6.45) is 10.7. The van der Waals surface area contributed by atoms with E-state index in [2.05, 4.69) is 45.9 Å². The van der Waals surface area contributed by atoms with E-state index >= 15 is 0 Å². The number of unbranched alkanes of at least 4 members (excludes halogenated alkanes) is 1. The summed E-state index contributed by atoms with van der Waals surface area (Å²) in [7, 11) is 0. The summed E-state index contributed by atoms with van der Waals surface area (Å²) in [6.45, 7) is 11.4. The van der Waals surface area contributed by atoms with Gasteiger partial charge in [-0.1, -0.05) is 64.8 Å². The first kappa shape index (κ1) is 23.6. The number of aliphatic hydroxyl groups excluding tert-OH is 1. The molecule has 0 radical (unpaired) electrons. The summed E-state index contributed by atoms with van der Waals surface area (Å²) >= 11 is 0. The van der Waals surface area contributed by atoms with Gasteiger partial charge in [0.25, 0.3) is 0 Å². The minimum absolute atomic E-state index is 0.0156. The maximum atomic E-state index is 10.9. The van der Waals surface area contributed by atoms with Gasteiger partial charge in [0.2, 0.25) is 0 Å². The number of hydrogen-bond acceptors (Lipinski definition) is 3. The standard InChI is InChI=1S/C27H38O4/c1-6-7-8-22(28)12-10-19-14-21(15-23-25(19)31-17-26(23,3)4)27(5)16-20(27)11-9-18(2)13-24(29)30/h9,11,13-15,20,22,28H,6-8,10,12,16-17H2,1-5H3,(H,29,30)/b11-9+,18-13+/t20-,22?,27+/m1/s1. The fourth-order valence-electron chi connectivity index (χ4n) is 4.64. The molecule has 4 nitrogen and oxygen atoms in total. The van der Waals surface area contributed by atoms with Crippen molar-refractivity contribution in [2.24, 2.45) is 5.92 Å². The van der Waals surface area contributed by atoms with Crippen LogP contribution >= 0.6 is 0 Å². The summed E-state index contributed by atoms with van der Waals surface area (Å²) in [6, 6.07) is 4.62. The van der Waals surface area contributed by atoms with Crippen molar-refractivity contribution >= 4 is 5.97 Å². The van der Waals surface area contributed by atoms with Crippen LogP contribution in [0.25, 0.3) is 0 Å². The van der Waals surface area contributed by atoms with E-state index in [4.69, 9.17) is 9.84 Å². The minimum Gasteiger partial charge on any atom is -0.492 e. The molecule has 0 spiro atoms. The molecule has 1 saturated carbocycles. The van der Waals surface area contributed by atoms with Gasteiger partial charge in [0.05, 0.1) is 12.7 Å². The van der Waals surface area contributed by atoms with Crippen molar-refractivity contribution < 1.29 is 19.7 Å². The van der Waals surface area contributed by atoms with Gasteiger partial charge in [-0.15, -0.1) is 0 Å². The largest absolute Gasteiger partial charge is 0.492 e. The molecule has 3 rings (SSSR count). The van der Waals surface area contributed by atoms with E-state index in [1.165, 1.54) is 22.8 Å². The van der Waals surface area contributed by atoms with Crippen molar-refractivity contribution in [3.05, 3.63) is 52.6 Å². The molecule has 0 amide bonds. The van der Waals surface area contributed by atoms with Crippen molar-refractivity contribution in [2.75, 3.05) is 6.61 Å². The lowest BCUT2D eigenvalue weighted by Gasteiger charge is -2.20. The number of rotatable bonds is 10. The van der Waals surface area contributed by atoms with Crippen molar-refractivity contribution in [1.29, 1.82) is 0 Å². The lowest BCUT2D eigenvalue weighted by atomic mass is 9.81. The van der Waals surface area contributed by atoms with E-state index in [0.29, 0.717) is 12.5 Å². The van der Waals surface area contributed by atoms with Gasteiger partial charge in [0.15, 0.2) is 0 Å². The molecule has 0 saturated heterocycles. The average Bonchev–Trinajstić information content (AvgIpc) is 3.27. The van der Waals surface area contributed by atoms with E-state index < -0.39 is 5.97 Å². The third-order valence-corrected chi connectivity index (χ3v) is 7.01. The monoisotopic (exact) mass is 426 g/mol. The number of ether oxygens (including phenoxy) is 1. The fourth-order valence-corrected chi connectivity index (χ4v) is 4.64. The predicted molar refractivity (Wildman–Crippen MR) is 125 cm³/mol. The maximum absolute atomic E-state index is 10.9. The van der Waals surface area contributed by atoms with Crippen molar-refractivity contribution in [3.8, 4) is 5.75 Å². The second kappa shape index (κ2) is 9.20. The molecule has 31 heavy (non-hydrogen) atoms. The smallest absolute Gasteiger partial charge is 0.328 e. The van der Waals surface area contributed by atoms with Gasteiger partial charge in [0.1, 0.15) is 5.75 Å². The van der Waals surface area contributed by atoms with E-state index in [-0.39, 0.29) is 16.9 Å². The zero-order valence-electron chi connectivity index (χ0n) is 19.7. The summed E-state index contributed by atoms with van der Waals surface area (Å²) in [4.78, 5) is 10.9. The highest BCUT2D eigenvalue weighted by Crippen LogP contribution is 2.57. The third-order valence-electron chi connectivity index (χ3n) is 7.01. The second-order valence-corrected chi connectivity index (χ2v) is 10.3. The van der Waals surface area contributed by atoms with Gasteiger partial charge < -0.3 is 14.9 Å². The van der Waals surface area contributed by atoms with Gasteiger partial charge >= 0.3 is 5.97 Å². The summed E-state index contributed by atoms with van der Waals surface area (Å²) < 4.78 is 6.13. The Morgan fingerprint density at radius 2 is 2.03 bits per heavy atom. The molecule has 1 aliphatic carbocycles. The van der Waals surface area contributed by atoms with Gasteiger partial charge in [0, 0.05) is 17.1 Å². The van der Waals surface area contributed by atoms with E-state index in [9.17, 15) is 9.90 Å². The van der Waals surface area contributed by atoms with E-state index in [0.717, 1.165) is 49.8 Å². The molecular weight excluding hydrogens is 388 g/mol. The first-order valence-electron chi connectivity index (χ1n) is 11.6. The van der Waals surface area contributed by atoms with E-state index in [1.54, 1.807) is 0 Å². The topological polar surface area (TPSA) is 66.8 Å². The van der Waals surface area contributed by atoms with Gasteiger partial charge in [-0.25, -0.2) is 4.79 Å². The molecule has 1 aliphatic heterocycles. The number of carbonyl (C=O) groups is 1. The number of carboxylic acids is 1. The summed E-state index contributed by atoms with van der Waals surface area (Å²) in [5, 5.41) is 19.3. The molecule has 1 aromatic rings. The lowest BCUT2D eigenvalue weighted by Crippen LogP contribution is -2.19. The predicted octanol–water partition coefficient (Wildman–Crippen LogP) is 5.71. The molecule has 1 unspecified atom stereocenters. The Morgan fingerprint density at radius 3 is 2.71 bits per heavy atom. The first-order chi connectivity index (χ1) is 14.6. The van der Waals surface area contributed by atoms with Crippen molar-refractivity contribution in [3.63, 3.8) is 0 Å². The van der Waals surface area contributed by atoms with Crippen LogP contribution in [0.15, 0.2) is 35.9 Å². The molecule has 0 aromatic heterocycles. The number of carboxylic acid groups (broad SMARTS) is 1. The summed E-state index contributed by atoms with van der Waals surface area (Å²) in [5.74, 6) is 0.511. The zero-order chi connectivity index (χ0) is 22.8. The Labute approximate surface area is 187 Å². The molecule has 3 atom stereocenters. The van der Waals surface area contributed by atoms with Crippen molar-refractivity contribution in [1.82, 2.24) is 0 Å². The number of aryl methyl sites for hydroxylation is 1. The lowest BCUT2D eigenvalue weighted by molar-refractivity contribution is -0.131. The minimum atomic E-state index is -0.910. The van der Waals surface area contributed by atoms with Crippen LogP contribution in [0.1, 0.15) is 83.4 Å². The van der Waals surface area contributed by atoms with Crippen LogP contribution in [0.3, 0.4) is 0 Å². The average molecular weight is 427 g/mol. The number of hydrogen-bond donors (Lipinski definition) is 2. The number of benzene rings is 1. The first-order valence-corrected chi connectivity index (χ1v) is 11.6. The van der Waals surface area contributed by atoms with Crippen LogP contribution in [0.4, 0.5) is 0 Å². The molecule has 1 heterocycles. The van der Waals surface area contributed by atoms with Crippen LogP contribution in [-0.2, 0) is 22.0 Å². The zero-order valence-corrected chi connectivity index (χ0v) is 19.7. The van der Waals surface area contributed by atoms with Crippen LogP contribution in [-0.4, -0.2) is 28.9 Å². The van der Waals surface area contributed by atoms with Crippen molar-refractivity contribution in [2.45, 2.75) is 90.1 Å². The number of allylic oxidation sites excluding steroid dienone is 3. The summed E-state index contributed by atoms with van der Waals surface area (Å²) in [5.41, 5.74) is 4.62. The number of aliphatic hydroxyl groups is 1. The van der Waals surface area contributed by atoms with Crippen LogP contribution in [0, 0.1) is 5.92 Å².